The van der Waals surface area contributed by atoms with E-state index in [0.29, 0.717) is 0 Å². The van der Waals surface area contributed by atoms with Crippen LogP contribution in [0.5, 0.6) is 0 Å². The van der Waals surface area contributed by atoms with Crippen molar-refractivity contribution in [1.82, 2.24) is 4.72 Å². The quantitative estimate of drug-likeness (QED) is 0.689. The monoisotopic (exact) mass is 224 g/mol. The van der Waals surface area contributed by atoms with E-state index in [-0.39, 0.29) is 11.4 Å². The zero-order valence-electron chi connectivity index (χ0n) is 8.32. The average molecular weight is 224 g/mol. The molecule has 0 atom stereocenters. The smallest absolute Gasteiger partial charge is 0.240 e. The van der Waals surface area contributed by atoms with E-state index in [9.17, 15) is 8.42 Å². The van der Waals surface area contributed by atoms with Gasteiger partial charge in [0, 0.05) is 5.56 Å². The van der Waals surface area contributed by atoms with Gasteiger partial charge in [0.05, 0.1) is 11.4 Å². The molecule has 0 spiro atoms. The lowest BCUT2D eigenvalue weighted by Crippen LogP contribution is -2.18. The van der Waals surface area contributed by atoms with Crippen molar-refractivity contribution >= 4 is 10.0 Å². The van der Waals surface area contributed by atoms with Gasteiger partial charge < -0.3 is 5.73 Å². The average Bonchev–Trinajstić information content (AvgIpc) is 2.27. The van der Waals surface area contributed by atoms with Gasteiger partial charge >= 0.3 is 0 Å². The van der Waals surface area contributed by atoms with E-state index in [1.807, 2.05) is 0 Å². The molecule has 3 N–H and O–H groups in total. The maximum Gasteiger partial charge on any atom is 0.240 e. The first-order valence-electron chi connectivity index (χ1n) is 4.32. The Labute approximate surface area is 89.5 Å². The molecule has 0 aliphatic rings. The Morgan fingerprint density at radius 1 is 1.33 bits per heavy atom. The molecule has 0 amide bonds. The Bertz CT molecular complexity index is 480. The molecule has 15 heavy (non-hydrogen) atoms. The SMILES string of the molecule is CNS(=O)(=O)c1ccc(C#CCN)cc1. The van der Waals surface area contributed by atoms with Crippen LogP contribution in [0.1, 0.15) is 5.56 Å². The van der Waals surface area contributed by atoms with Gasteiger partial charge in [0.25, 0.3) is 0 Å². The van der Waals surface area contributed by atoms with Crippen LogP contribution in [0.3, 0.4) is 0 Å². The summed E-state index contributed by atoms with van der Waals surface area (Å²) in [6, 6.07) is 6.30. The van der Waals surface area contributed by atoms with Gasteiger partial charge in [-0.3, -0.25) is 0 Å². The number of nitrogens with two attached hydrogens (primary N) is 1. The van der Waals surface area contributed by atoms with Gasteiger partial charge in [-0.25, -0.2) is 13.1 Å². The summed E-state index contributed by atoms with van der Waals surface area (Å²) in [7, 11) is -1.99. The largest absolute Gasteiger partial charge is 0.320 e. The van der Waals surface area contributed by atoms with Crippen LogP contribution in [0.15, 0.2) is 29.2 Å². The number of benzene rings is 1. The second-order valence-corrected chi connectivity index (χ2v) is 4.62. The molecule has 0 aliphatic carbocycles. The van der Waals surface area contributed by atoms with Crippen molar-refractivity contribution in [3.05, 3.63) is 29.8 Å². The van der Waals surface area contributed by atoms with E-state index < -0.39 is 10.0 Å². The van der Waals surface area contributed by atoms with E-state index in [4.69, 9.17) is 5.73 Å². The summed E-state index contributed by atoms with van der Waals surface area (Å²) in [5, 5.41) is 0. The third-order valence-corrected chi connectivity index (χ3v) is 3.20. The summed E-state index contributed by atoms with van der Waals surface area (Å²) in [5.74, 6) is 5.50. The van der Waals surface area contributed by atoms with Crippen molar-refractivity contribution in [2.75, 3.05) is 13.6 Å². The summed E-state index contributed by atoms with van der Waals surface area (Å²) in [6.07, 6.45) is 0. The molecule has 1 aromatic carbocycles. The summed E-state index contributed by atoms with van der Waals surface area (Å²) < 4.78 is 25.0. The molecule has 1 aromatic rings. The van der Waals surface area contributed by atoms with Crippen molar-refractivity contribution in [1.29, 1.82) is 0 Å². The van der Waals surface area contributed by atoms with E-state index in [2.05, 4.69) is 16.6 Å². The first-order valence-corrected chi connectivity index (χ1v) is 5.81. The number of rotatable bonds is 2. The van der Waals surface area contributed by atoms with Gasteiger partial charge in [-0.2, -0.15) is 0 Å². The van der Waals surface area contributed by atoms with Crippen molar-refractivity contribution in [3.8, 4) is 11.8 Å². The minimum Gasteiger partial charge on any atom is -0.320 e. The number of nitrogens with one attached hydrogen (secondary N) is 1. The van der Waals surface area contributed by atoms with E-state index >= 15 is 0 Å². The third kappa shape index (κ3) is 3.06. The first kappa shape index (κ1) is 11.7. The van der Waals surface area contributed by atoms with Crippen molar-refractivity contribution in [2.45, 2.75) is 4.90 Å². The Morgan fingerprint density at radius 2 is 1.93 bits per heavy atom. The minimum atomic E-state index is -3.36. The van der Waals surface area contributed by atoms with Crippen LogP contribution in [0.2, 0.25) is 0 Å². The highest BCUT2D eigenvalue weighted by molar-refractivity contribution is 7.89. The Morgan fingerprint density at radius 3 is 2.40 bits per heavy atom. The van der Waals surface area contributed by atoms with Crippen molar-refractivity contribution < 1.29 is 8.42 Å². The van der Waals surface area contributed by atoms with Gasteiger partial charge in [0.1, 0.15) is 0 Å². The molecule has 0 saturated carbocycles. The second kappa shape index (κ2) is 4.94. The zero-order valence-corrected chi connectivity index (χ0v) is 9.14. The molecule has 4 nitrogen and oxygen atoms in total. The van der Waals surface area contributed by atoms with E-state index in [1.54, 1.807) is 12.1 Å². The normalized spacial score (nSPS) is 10.5. The molecule has 1 rings (SSSR count). The molecule has 0 heterocycles. The second-order valence-electron chi connectivity index (χ2n) is 2.74. The van der Waals surface area contributed by atoms with Crippen molar-refractivity contribution in [2.24, 2.45) is 5.73 Å². The minimum absolute atomic E-state index is 0.225. The predicted octanol–water partition coefficient (Wildman–Crippen LogP) is -0.0951. The third-order valence-electron chi connectivity index (χ3n) is 1.77. The summed E-state index contributed by atoms with van der Waals surface area (Å²) in [6.45, 7) is 0.288. The van der Waals surface area contributed by atoms with E-state index in [1.165, 1.54) is 19.2 Å². The fourth-order valence-electron chi connectivity index (χ4n) is 0.988. The molecule has 5 heteroatoms. The summed E-state index contributed by atoms with van der Waals surface area (Å²) in [4.78, 5) is 0.225. The number of hydrogen-bond acceptors (Lipinski definition) is 3. The standard InChI is InChI=1S/C10H12N2O2S/c1-12-15(13,14)10-6-4-9(5-7-10)3-2-8-11/h4-7,12H,8,11H2,1H3. The Kier molecular flexibility index (Phi) is 3.86. The van der Waals surface area contributed by atoms with Gasteiger partial charge in [0.2, 0.25) is 10.0 Å². The molecule has 80 valence electrons. The summed E-state index contributed by atoms with van der Waals surface area (Å²) >= 11 is 0. The molecule has 0 fully saturated rings. The molecule has 0 unspecified atom stereocenters. The molecular weight excluding hydrogens is 212 g/mol. The lowest BCUT2D eigenvalue weighted by Gasteiger charge is -2.01. The van der Waals surface area contributed by atoms with Gasteiger partial charge in [-0.1, -0.05) is 11.8 Å². The highest BCUT2D eigenvalue weighted by Gasteiger charge is 2.09. The van der Waals surface area contributed by atoms with Gasteiger partial charge in [-0.15, -0.1) is 0 Å². The van der Waals surface area contributed by atoms with Crippen LogP contribution < -0.4 is 10.5 Å². The highest BCUT2D eigenvalue weighted by atomic mass is 32.2. The van der Waals surface area contributed by atoms with Crippen LogP contribution in [-0.2, 0) is 10.0 Å². The fraction of sp³-hybridized carbons (Fsp3) is 0.200. The number of hydrogen-bond donors (Lipinski definition) is 2. The Balaban J connectivity index is 3.01. The molecule has 0 bridgehead atoms. The van der Waals surface area contributed by atoms with Crippen LogP contribution in [0.25, 0.3) is 0 Å². The van der Waals surface area contributed by atoms with Crippen LogP contribution >= 0.6 is 0 Å². The fourth-order valence-corrected chi connectivity index (χ4v) is 1.72. The zero-order chi connectivity index (χ0) is 11.3. The maximum atomic E-state index is 11.4. The van der Waals surface area contributed by atoms with E-state index in [0.717, 1.165) is 5.56 Å². The van der Waals surface area contributed by atoms with Crippen LogP contribution in [-0.4, -0.2) is 22.0 Å². The molecular formula is C10H12N2O2S. The predicted molar refractivity (Wildman–Crippen MR) is 58.6 cm³/mol. The van der Waals surface area contributed by atoms with Gasteiger partial charge in [0.15, 0.2) is 0 Å². The molecule has 0 radical (unpaired) electrons. The lowest BCUT2D eigenvalue weighted by atomic mass is 10.2. The molecule has 0 aromatic heterocycles. The Hall–Kier alpha value is -1.35. The van der Waals surface area contributed by atoms with Crippen molar-refractivity contribution in [3.63, 3.8) is 0 Å². The molecule has 0 saturated heterocycles. The number of sulfonamides is 1. The molecule has 0 aliphatic heterocycles. The summed E-state index contributed by atoms with van der Waals surface area (Å²) in [5.41, 5.74) is 5.96. The highest BCUT2D eigenvalue weighted by Crippen LogP contribution is 2.08. The lowest BCUT2D eigenvalue weighted by molar-refractivity contribution is 0.588. The topological polar surface area (TPSA) is 72.2 Å². The first-order chi connectivity index (χ1) is 7.10. The van der Waals surface area contributed by atoms with Crippen LogP contribution in [0.4, 0.5) is 0 Å². The van der Waals surface area contributed by atoms with Crippen LogP contribution in [0, 0.1) is 11.8 Å². The maximum absolute atomic E-state index is 11.4. The van der Waals surface area contributed by atoms with Gasteiger partial charge in [-0.05, 0) is 31.3 Å².